The summed E-state index contributed by atoms with van der Waals surface area (Å²) in [6.45, 7) is 3.58. The molecule has 0 N–H and O–H groups in total. The van der Waals surface area contributed by atoms with Gasteiger partial charge in [0.05, 0.1) is 53.3 Å². The molecule has 0 bridgehead atoms. The highest BCUT2D eigenvalue weighted by Gasteiger charge is 2.41. The molecule has 5 rings (SSSR count). The van der Waals surface area contributed by atoms with E-state index in [9.17, 15) is 18.1 Å². The lowest BCUT2D eigenvalue weighted by Crippen LogP contribution is -2.54. The lowest BCUT2D eigenvalue weighted by molar-refractivity contribution is -0.0498. The number of carbonyl (C=O) groups excluding carboxylic acids is 1. The molecule has 2 heterocycles. The molecule has 1 aromatic heterocycles. The molecule has 6 radical (unpaired) electrons. The van der Waals surface area contributed by atoms with Gasteiger partial charge in [0.15, 0.2) is 5.75 Å². The topological polar surface area (TPSA) is 64.4 Å². The first-order chi connectivity index (χ1) is 19.6. The molecule has 2 atom stereocenters. The maximum Gasteiger partial charge on any atom is 0.387 e. The Morgan fingerprint density at radius 3 is 2.33 bits per heavy atom. The van der Waals surface area contributed by atoms with Gasteiger partial charge in [0.1, 0.15) is 17.3 Å². The standard InChI is InChI=1S/C29H26B3F3N3O3P/c1-5-22-26-36-21-12-10-17(16-9-11-18(20(33)13-16)15(2)42(3,4)40)14-23(21)37(26)25-19(27(39)38(22)29(30,31)32)7-6-8-24(25)41-28(34)35/h6-15,22,28H,5H2,1-4H3. The third-order valence-corrected chi connectivity index (χ3v) is 9.84. The first-order valence-corrected chi connectivity index (χ1v) is 16.0. The van der Waals surface area contributed by atoms with Crippen molar-refractivity contribution in [2.45, 2.75) is 43.8 Å². The molecule has 6 nitrogen and oxygen atoms in total. The van der Waals surface area contributed by atoms with E-state index in [0.29, 0.717) is 27.7 Å². The van der Waals surface area contributed by atoms with E-state index in [1.165, 1.54) is 24.3 Å². The number of hydrogen-bond donors (Lipinski definition) is 0. The number of para-hydroxylation sites is 1. The minimum absolute atomic E-state index is 0.0197. The van der Waals surface area contributed by atoms with Crippen molar-refractivity contribution in [3.05, 3.63) is 77.4 Å². The van der Waals surface area contributed by atoms with Gasteiger partial charge in [-0.1, -0.05) is 43.3 Å². The fraction of sp³-hybridized carbons (Fsp3) is 0.310. The van der Waals surface area contributed by atoms with Crippen LogP contribution in [0.2, 0.25) is 0 Å². The molecule has 0 saturated carbocycles. The van der Waals surface area contributed by atoms with Crippen LogP contribution in [0.1, 0.15) is 53.7 Å². The van der Waals surface area contributed by atoms with Gasteiger partial charge in [0.25, 0.3) is 5.91 Å². The number of amides is 1. The van der Waals surface area contributed by atoms with E-state index in [1.54, 1.807) is 62.1 Å². The Balaban J connectivity index is 1.78. The first-order valence-electron chi connectivity index (χ1n) is 13.3. The van der Waals surface area contributed by atoms with Gasteiger partial charge in [0, 0.05) is 5.66 Å². The zero-order valence-electron chi connectivity index (χ0n) is 23.5. The lowest BCUT2D eigenvalue weighted by atomic mass is 9.48. The van der Waals surface area contributed by atoms with Crippen LogP contribution in [0, 0.1) is 5.82 Å². The molecule has 13 heteroatoms. The van der Waals surface area contributed by atoms with E-state index in [0.717, 1.165) is 4.90 Å². The monoisotopic (exact) mass is 585 g/mol. The summed E-state index contributed by atoms with van der Waals surface area (Å²) in [6.07, 6.45) is 0.290. The summed E-state index contributed by atoms with van der Waals surface area (Å²) < 4.78 is 61.3. The van der Waals surface area contributed by atoms with Gasteiger partial charge in [0.2, 0.25) is 0 Å². The first kappa shape index (κ1) is 30.1. The summed E-state index contributed by atoms with van der Waals surface area (Å²) in [6, 6.07) is 13.3. The van der Waals surface area contributed by atoms with E-state index in [-0.39, 0.29) is 29.2 Å². The van der Waals surface area contributed by atoms with Crippen molar-refractivity contribution in [1.29, 1.82) is 0 Å². The van der Waals surface area contributed by atoms with Crippen LogP contribution in [0.4, 0.5) is 13.2 Å². The van der Waals surface area contributed by atoms with Crippen molar-refractivity contribution in [2.75, 3.05) is 13.3 Å². The lowest BCUT2D eigenvalue weighted by Gasteiger charge is -2.41. The van der Waals surface area contributed by atoms with E-state index < -0.39 is 42.4 Å². The second-order valence-electron chi connectivity index (χ2n) is 10.9. The van der Waals surface area contributed by atoms with Crippen molar-refractivity contribution >= 4 is 47.6 Å². The molecular formula is C29H26B3F3N3O3P. The Kier molecular flexibility index (Phi) is 7.67. The summed E-state index contributed by atoms with van der Waals surface area (Å²) in [7, 11) is 15.6. The predicted octanol–water partition coefficient (Wildman–Crippen LogP) is 6.14. The summed E-state index contributed by atoms with van der Waals surface area (Å²) in [5.74, 6) is -1.16. The fourth-order valence-electron chi connectivity index (χ4n) is 5.43. The van der Waals surface area contributed by atoms with E-state index in [2.05, 4.69) is 0 Å². The predicted molar refractivity (Wildman–Crippen MR) is 160 cm³/mol. The smallest absolute Gasteiger partial charge is 0.387 e. The maximum atomic E-state index is 15.3. The second-order valence-corrected chi connectivity index (χ2v) is 14.5. The highest BCUT2D eigenvalue weighted by atomic mass is 31.2. The number of nitrogens with zero attached hydrogens (tertiary/aromatic N) is 3. The largest absolute Gasteiger partial charge is 0.433 e. The van der Waals surface area contributed by atoms with Crippen LogP contribution in [0.15, 0.2) is 54.6 Å². The quantitative estimate of drug-likeness (QED) is 0.193. The summed E-state index contributed by atoms with van der Waals surface area (Å²) in [5.41, 5.74) is 1.95. The number of benzene rings is 3. The van der Waals surface area contributed by atoms with Crippen molar-refractivity contribution < 1.29 is 27.3 Å². The molecule has 3 aromatic carbocycles. The van der Waals surface area contributed by atoms with E-state index in [1.807, 2.05) is 0 Å². The van der Waals surface area contributed by atoms with Crippen LogP contribution in [-0.4, -0.2) is 69.1 Å². The maximum absolute atomic E-state index is 15.3. The highest BCUT2D eigenvalue weighted by Crippen LogP contribution is 2.53. The molecule has 1 aliphatic heterocycles. The minimum atomic E-state index is -3.18. The van der Waals surface area contributed by atoms with E-state index >= 15 is 4.39 Å². The van der Waals surface area contributed by atoms with Gasteiger partial charge in [-0.15, -0.1) is 0 Å². The van der Waals surface area contributed by atoms with Crippen molar-refractivity contribution in [3.8, 4) is 22.6 Å². The molecular weight excluding hydrogens is 559 g/mol. The molecule has 42 heavy (non-hydrogen) atoms. The average molecular weight is 585 g/mol. The molecule has 1 aliphatic rings. The van der Waals surface area contributed by atoms with Gasteiger partial charge >= 0.3 is 6.61 Å². The second kappa shape index (κ2) is 10.7. The van der Waals surface area contributed by atoms with Gasteiger partial charge in [-0.3, -0.25) is 9.36 Å². The number of rotatable bonds is 7. The number of aromatic nitrogens is 2. The molecule has 2 unspecified atom stereocenters. The Labute approximate surface area is 246 Å². The van der Waals surface area contributed by atoms with Gasteiger partial charge in [-0.05, 0) is 66.8 Å². The molecule has 0 spiro atoms. The number of carbonyl (C=O) groups is 1. The number of fused-ring (bicyclic) bond motifs is 5. The summed E-state index contributed by atoms with van der Waals surface area (Å²) in [4.78, 5) is 19.7. The molecule has 1 amide bonds. The van der Waals surface area contributed by atoms with Crippen LogP contribution in [-0.2, 0) is 4.57 Å². The molecule has 210 valence electrons. The highest BCUT2D eigenvalue weighted by molar-refractivity contribution is 7.62. The normalized spacial score (nSPS) is 16.3. The SMILES string of the molecule is [B]C([B])([B])N1C(=O)c2cccc(OC(F)F)c2-n2c(nc3ccc(-c4ccc(C(C)P(C)(C)=O)c(F)c4)cc32)C1CC. The van der Waals surface area contributed by atoms with Crippen LogP contribution in [0.25, 0.3) is 27.8 Å². The van der Waals surface area contributed by atoms with Crippen LogP contribution >= 0.6 is 7.14 Å². The fourth-order valence-corrected chi connectivity index (χ4v) is 6.31. The Morgan fingerprint density at radius 1 is 1.07 bits per heavy atom. The molecule has 0 saturated heterocycles. The number of halogens is 3. The summed E-state index contributed by atoms with van der Waals surface area (Å²) >= 11 is 0. The Bertz CT molecular complexity index is 1750. The van der Waals surface area contributed by atoms with Crippen molar-refractivity contribution in [3.63, 3.8) is 0 Å². The number of alkyl halides is 2. The van der Waals surface area contributed by atoms with Gasteiger partial charge in [-0.2, -0.15) is 8.78 Å². The third-order valence-electron chi connectivity index (χ3n) is 7.70. The zero-order valence-corrected chi connectivity index (χ0v) is 24.4. The average Bonchev–Trinajstić information content (AvgIpc) is 3.22. The minimum Gasteiger partial charge on any atom is -0.433 e. The van der Waals surface area contributed by atoms with E-state index in [4.69, 9.17) is 33.3 Å². The van der Waals surface area contributed by atoms with Crippen molar-refractivity contribution in [2.24, 2.45) is 0 Å². The third kappa shape index (κ3) is 5.19. The molecule has 0 fully saturated rings. The van der Waals surface area contributed by atoms with Gasteiger partial charge in [-0.25, -0.2) is 9.37 Å². The summed E-state index contributed by atoms with van der Waals surface area (Å²) in [5, 5.41) is -2.11. The molecule has 0 aliphatic carbocycles. The van der Waals surface area contributed by atoms with Gasteiger partial charge < -0.3 is 14.2 Å². The van der Waals surface area contributed by atoms with Crippen molar-refractivity contribution in [1.82, 2.24) is 14.5 Å². The zero-order chi connectivity index (χ0) is 30.7. The van der Waals surface area contributed by atoms with Crippen LogP contribution in [0.3, 0.4) is 0 Å². The Morgan fingerprint density at radius 2 is 1.74 bits per heavy atom. The Hall–Kier alpha value is -3.39. The number of imidazole rings is 1. The number of ether oxygens (including phenoxy) is 1. The van der Waals surface area contributed by atoms with Crippen LogP contribution < -0.4 is 4.74 Å². The van der Waals surface area contributed by atoms with Crippen LogP contribution in [0.5, 0.6) is 5.75 Å². The molecule has 4 aromatic rings. The number of hydrogen-bond acceptors (Lipinski definition) is 4.